The van der Waals surface area contributed by atoms with Gasteiger partial charge in [0.25, 0.3) is 5.91 Å². The molecule has 1 aromatic rings. The van der Waals surface area contributed by atoms with E-state index in [1.54, 1.807) is 12.1 Å². The molecule has 2 N–H and O–H groups in total. The molecule has 5 heteroatoms. The number of nitrogens with one attached hydrogen (secondary N) is 1. The summed E-state index contributed by atoms with van der Waals surface area (Å²) in [6, 6.07) is 6.27. The first kappa shape index (κ1) is 16.9. The lowest BCUT2D eigenvalue weighted by atomic mass is 9.88. The van der Waals surface area contributed by atoms with E-state index < -0.39 is 12.0 Å². The van der Waals surface area contributed by atoms with Crippen LogP contribution >= 0.6 is 22.6 Å². The van der Waals surface area contributed by atoms with Crippen molar-refractivity contribution in [1.82, 2.24) is 5.32 Å². The van der Waals surface area contributed by atoms with Gasteiger partial charge in [-0.15, -0.1) is 0 Å². The second-order valence-corrected chi connectivity index (χ2v) is 7.11. The first-order valence-corrected chi connectivity index (χ1v) is 7.57. The number of hydrogen-bond acceptors (Lipinski definition) is 2. The molecule has 1 aromatic carbocycles. The first-order chi connectivity index (χ1) is 9.20. The van der Waals surface area contributed by atoms with Gasteiger partial charge in [-0.25, -0.2) is 4.79 Å². The first-order valence-electron chi connectivity index (χ1n) is 6.49. The molecule has 0 fully saturated rings. The Labute approximate surface area is 133 Å². The van der Waals surface area contributed by atoms with Gasteiger partial charge in [0.2, 0.25) is 0 Å². The van der Waals surface area contributed by atoms with Crippen LogP contribution in [0.3, 0.4) is 0 Å². The summed E-state index contributed by atoms with van der Waals surface area (Å²) in [5.41, 5.74) is 0.551. The Kier molecular flexibility index (Phi) is 5.98. The molecule has 1 unspecified atom stereocenters. The Balaban J connectivity index is 2.74. The van der Waals surface area contributed by atoms with E-state index in [1.165, 1.54) is 0 Å². The fourth-order valence-electron chi connectivity index (χ4n) is 1.72. The minimum atomic E-state index is -0.992. The Hall–Kier alpha value is -1.11. The van der Waals surface area contributed by atoms with Gasteiger partial charge < -0.3 is 10.4 Å². The van der Waals surface area contributed by atoms with Gasteiger partial charge in [-0.3, -0.25) is 4.79 Å². The molecule has 20 heavy (non-hydrogen) atoms. The molecule has 0 saturated carbocycles. The fraction of sp³-hybridized carbons (Fsp3) is 0.467. The highest BCUT2D eigenvalue weighted by Crippen LogP contribution is 2.22. The molecule has 0 aliphatic heterocycles. The van der Waals surface area contributed by atoms with Crippen molar-refractivity contribution in [2.45, 2.75) is 39.7 Å². The number of carbonyl (C=O) groups is 2. The third-order valence-corrected chi connectivity index (χ3v) is 3.85. The van der Waals surface area contributed by atoms with Gasteiger partial charge in [0.15, 0.2) is 0 Å². The van der Waals surface area contributed by atoms with Gasteiger partial charge >= 0.3 is 5.97 Å². The minimum Gasteiger partial charge on any atom is -0.480 e. The molecule has 0 aliphatic carbocycles. The van der Waals surface area contributed by atoms with Crippen LogP contribution in [-0.4, -0.2) is 23.0 Å². The molecule has 4 nitrogen and oxygen atoms in total. The van der Waals surface area contributed by atoms with Crippen LogP contribution in [0.4, 0.5) is 0 Å². The van der Waals surface area contributed by atoms with E-state index in [4.69, 9.17) is 0 Å². The lowest BCUT2D eigenvalue weighted by Gasteiger charge is -2.21. The highest BCUT2D eigenvalue weighted by molar-refractivity contribution is 14.1. The van der Waals surface area contributed by atoms with Crippen molar-refractivity contribution in [2.75, 3.05) is 0 Å². The number of carboxylic acid groups (broad SMARTS) is 1. The molecule has 0 radical (unpaired) electrons. The molecular formula is C15H20INO3. The van der Waals surface area contributed by atoms with Crippen LogP contribution in [0.15, 0.2) is 24.3 Å². The average molecular weight is 389 g/mol. The van der Waals surface area contributed by atoms with Crippen LogP contribution < -0.4 is 5.32 Å². The predicted molar refractivity (Wildman–Crippen MR) is 86.7 cm³/mol. The van der Waals surface area contributed by atoms with Crippen LogP contribution in [-0.2, 0) is 4.79 Å². The van der Waals surface area contributed by atoms with Gasteiger partial charge in [0.05, 0.1) is 5.56 Å². The van der Waals surface area contributed by atoms with Gasteiger partial charge in [-0.05, 0) is 53.0 Å². The summed E-state index contributed by atoms with van der Waals surface area (Å²) in [6.45, 7) is 6.15. The fourth-order valence-corrected chi connectivity index (χ4v) is 2.35. The van der Waals surface area contributed by atoms with E-state index >= 15 is 0 Å². The van der Waals surface area contributed by atoms with Crippen LogP contribution in [0.5, 0.6) is 0 Å². The molecule has 0 heterocycles. The number of halogens is 1. The van der Waals surface area contributed by atoms with E-state index in [1.807, 2.05) is 32.9 Å². The second-order valence-electron chi connectivity index (χ2n) is 5.94. The molecular weight excluding hydrogens is 369 g/mol. The summed E-state index contributed by atoms with van der Waals surface area (Å²) in [4.78, 5) is 23.4. The van der Waals surface area contributed by atoms with Crippen LogP contribution in [0, 0.1) is 8.99 Å². The lowest BCUT2D eigenvalue weighted by Crippen LogP contribution is -2.41. The summed E-state index contributed by atoms with van der Waals surface area (Å²) in [6.07, 6.45) is 1.16. The van der Waals surface area contributed by atoms with Crippen molar-refractivity contribution < 1.29 is 14.7 Å². The van der Waals surface area contributed by atoms with E-state index in [0.29, 0.717) is 12.0 Å². The lowest BCUT2D eigenvalue weighted by molar-refractivity contribution is -0.139. The van der Waals surface area contributed by atoms with Crippen molar-refractivity contribution in [2.24, 2.45) is 5.41 Å². The van der Waals surface area contributed by atoms with E-state index in [2.05, 4.69) is 27.9 Å². The SMILES string of the molecule is CC(C)(C)CCC(NC(=O)c1ccccc1I)C(=O)O. The van der Waals surface area contributed by atoms with Gasteiger partial charge in [-0.2, -0.15) is 0 Å². The molecule has 1 rings (SSSR count). The number of benzene rings is 1. The van der Waals surface area contributed by atoms with Crippen LogP contribution in [0.25, 0.3) is 0 Å². The zero-order valence-electron chi connectivity index (χ0n) is 11.9. The van der Waals surface area contributed by atoms with Crippen molar-refractivity contribution in [3.05, 3.63) is 33.4 Å². The number of aliphatic carboxylic acids is 1. The maximum Gasteiger partial charge on any atom is 0.326 e. The van der Waals surface area contributed by atoms with E-state index in [9.17, 15) is 14.7 Å². The van der Waals surface area contributed by atoms with Gasteiger partial charge in [0.1, 0.15) is 6.04 Å². The van der Waals surface area contributed by atoms with E-state index in [-0.39, 0.29) is 11.3 Å². The predicted octanol–water partition coefficient (Wildman–Crippen LogP) is 3.30. The maximum atomic E-state index is 12.1. The molecule has 1 amide bonds. The molecule has 110 valence electrons. The highest BCUT2D eigenvalue weighted by atomic mass is 127. The molecule has 1 atom stereocenters. The number of amides is 1. The highest BCUT2D eigenvalue weighted by Gasteiger charge is 2.23. The summed E-state index contributed by atoms with van der Waals surface area (Å²) < 4.78 is 0.808. The largest absolute Gasteiger partial charge is 0.480 e. The maximum absolute atomic E-state index is 12.1. The minimum absolute atomic E-state index is 0.0413. The summed E-state index contributed by atoms with van der Waals surface area (Å²) in [7, 11) is 0. The van der Waals surface area contributed by atoms with Crippen molar-refractivity contribution in [1.29, 1.82) is 0 Å². The number of carbonyl (C=O) groups excluding carboxylic acids is 1. The topological polar surface area (TPSA) is 66.4 Å². The Morgan fingerprint density at radius 3 is 2.40 bits per heavy atom. The molecule has 0 bridgehead atoms. The average Bonchev–Trinajstić information content (AvgIpc) is 2.33. The van der Waals surface area contributed by atoms with E-state index in [0.717, 1.165) is 9.99 Å². The summed E-state index contributed by atoms with van der Waals surface area (Å²) in [5.74, 6) is -1.33. The second kappa shape index (κ2) is 7.06. The zero-order valence-corrected chi connectivity index (χ0v) is 14.1. The van der Waals surface area contributed by atoms with Gasteiger partial charge in [0, 0.05) is 3.57 Å². The van der Waals surface area contributed by atoms with Crippen molar-refractivity contribution in [3.8, 4) is 0 Å². The third kappa shape index (κ3) is 5.48. The molecule has 0 saturated heterocycles. The van der Waals surface area contributed by atoms with Crippen molar-refractivity contribution in [3.63, 3.8) is 0 Å². The summed E-state index contributed by atoms with van der Waals surface area (Å²) in [5, 5.41) is 11.8. The van der Waals surface area contributed by atoms with Crippen LogP contribution in [0.2, 0.25) is 0 Å². The van der Waals surface area contributed by atoms with Crippen LogP contribution in [0.1, 0.15) is 44.0 Å². The number of hydrogen-bond donors (Lipinski definition) is 2. The Bertz CT molecular complexity index is 494. The molecule has 0 aliphatic rings. The number of rotatable bonds is 5. The standard InChI is InChI=1S/C15H20INO3/c1-15(2,3)9-8-12(14(19)20)17-13(18)10-6-4-5-7-11(10)16/h4-7,12H,8-9H2,1-3H3,(H,17,18)(H,19,20). The third-order valence-electron chi connectivity index (χ3n) is 2.90. The number of carboxylic acids is 1. The zero-order chi connectivity index (χ0) is 15.3. The molecule has 0 spiro atoms. The molecule has 0 aromatic heterocycles. The Morgan fingerprint density at radius 1 is 1.30 bits per heavy atom. The Morgan fingerprint density at radius 2 is 1.90 bits per heavy atom. The monoisotopic (exact) mass is 389 g/mol. The quantitative estimate of drug-likeness (QED) is 0.760. The smallest absolute Gasteiger partial charge is 0.326 e. The van der Waals surface area contributed by atoms with Crippen molar-refractivity contribution >= 4 is 34.5 Å². The normalized spacial score (nSPS) is 12.8. The van der Waals surface area contributed by atoms with Gasteiger partial charge in [-0.1, -0.05) is 32.9 Å². The summed E-state index contributed by atoms with van der Waals surface area (Å²) >= 11 is 2.07.